The normalized spacial score (nSPS) is 29.4. The molecule has 1 N–H and O–H groups in total. The summed E-state index contributed by atoms with van der Waals surface area (Å²) < 4.78 is 5.93. The van der Waals surface area contributed by atoms with Gasteiger partial charge in [-0.1, -0.05) is 19.3 Å². The van der Waals surface area contributed by atoms with Crippen molar-refractivity contribution in [2.45, 2.75) is 64.0 Å². The molecule has 2 saturated carbocycles. The number of carboxylic acids is 1. The maximum Gasteiger partial charge on any atom is 0.304 e. The van der Waals surface area contributed by atoms with Gasteiger partial charge in [-0.25, -0.2) is 0 Å². The van der Waals surface area contributed by atoms with Crippen molar-refractivity contribution in [3.05, 3.63) is 0 Å². The Bertz CT molecular complexity index is 313. The molecule has 0 saturated heterocycles. The zero-order valence-corrected chi connectivity index (χ0v) is 12.2. The third kappa shape index (κ3) is 2.95. The number of carbonyl (C=O) groups is 1. The lowest BCUT2D eigenvalue weighted by atomic mass is 9.54. The van der Waals surface area contributed by atoms with E-state index < -0.39 is 5.97 Å². The first-order chi connectivity index (χ1) is 9.10. The van der Waals surface area contributed by atoms with Gasteiger partial charge in [0.15, 0.2) is 0 Å². The second kappa shape index (κ2) is 6.23. The summed E-state index contributed by atoms with van der Waals surface area (Å²) in [5.41, 5.74) is 0.307. The molecule has 0 heterocycles. The monoisotopic (exact) mass is 269 g/mol. The Hall–Kier alpha value is -0.610. The Morgan fingerprint density at radius 1 is 1.37 bits per heavy atom. The van der Waals surface area contributed by atoms with Crippen LogP contribution in [-0.4, -0.2) is 48.3 Å². The predicted octanol–water partition coefficient (Wildman–Crippen LogP) is 2.52. The molecule has 0 aromatic rings. The third-order valence-corrected chi connectivity index (χ3v) is 5.10. The van der Waals surface area contributed by atoms with Crippen LogP contribution in [0.25, 0.3) is 0 Å². The zero-order valence-electron chi connectivity index (χ0n) is 12.2. The van der Waals surface area contributed by atoms with Gasteiger partial charge < -0.3 is 14.7 Å². The maximum absolute atomic E-state index is 10.7. The summed E-state index contributed by atoms with van der Waals surface area (Å²) in [4.78, 5) is 13.0. The number of ether oxygens (including phenoxy) is 1. The van der Waals surface area contributed by atoms with E-state index in [0.717, 1.165) is 13.0 Å². The number of nitrogens with zero attached hydrogens (tertiary/aromatic N) is 1. The highest BCUT2D eigenvalue weighted by Gasteiger charge is 2.56. The molecule has 2 atom stereocenters. The largest absolute Gasteiger partial charge is 0.481 e. The molecule has 0 bridgehead atoms. The quantitative estimate of drug-likeness (QED) is 0.805. The van der Waals surface area contributed by atoms with E-state index in [4.69, 9.17) is 9.84 Å². The van der Waals surface area contributed by atoms with Crippen LogP contribution in [-0.2, 0) is 9.53 Å². The third-order valence-electron chi connectivity index (χ3n) is 5.10. The molecule has 0 aromatic heterocycles. The number of rotatable bonds is 6. The highest BCUT2D eigenvalue weighted by atomic mass is 16.5. The summed E-state index contributed by atoms with van der Waals surface area (Å²) in [5, 5.41) is 8.82. The first kappa shape index (κ1) is 14.8. The molecule has 2 fully saturated rings. The first-order valence-corrected chi connectivity index (χ1v) is 7.64. The van der Waals surface area contributed by atoms with Gasteiger partial charge in [0, 0.05) is 24.6 Å². The number of hydrogen-bond donors (Lipinski definition) is 1. The molecular formula is C15H27NO3. The molecule has 0 aromatic carbocycles. The van der Waals surface area contributed by atoms with E-state index >= 15 is 0 Å². The Kier molecular flexibility index (Phi) is 4.85. The summed E-state index contributed by atoms with van der Waals surface area (Å²) in [6.07, 6.45) is 8.15. The lowest BCUT2D eigenvalue weighted by Crippen LogP contribution is -2.64. The van der Waals surface area contributed by atoms with E-state index in [2.05, 4.69) is 18.9 Å². The van der Waals surface area contributed by atoms with Crippen LogP contribution in [0.3, 0.4) is 0 Å². The molecular weight excluding hydrogens is 242 g/mol. The second-order valence-corrected chi connectivity index (χ2v) is 6.11. The molecule has 2 aliphatic carbocycles. The van der Waals surface area contributed by atoms with Crippen LogP contribution in [0.15, 0.2) is 0 Å². The van der Waals surface area contributed by atoms with Gasteiger partial charge in [-0.3, -0.25) is 4.79 Å². The van der Waals surface area contributed by atoms with Crippen LogP contribution >= 0.6 is 0 Å². The van der Waals surface area contributed by atoms with Crippen molar-refractivity contribution in [2.75, 3.05) is 20.2 Å². The van der Waals surface area contributed by atoms with E-state index in [-0.39, 0.29) is 6.42 Å². The van der Waals surface area contributed by atoms with Crippen LogP contribution in [0, 0.1) is 5.41 Å². The van der Waals surface area contributed by atoms with Crippen LogP contribution in [0.1, 0.15) is 51.9 Å². The van der Waals surface area contributed by atoms with E-state index in [1.54, 1.807) is 0 Å². The predicted molar refractivity (Wildman–Crippen MR) is 74.2 cm³/mol. The highest BCUT2D eigenvalue weighted by molar-refractivity contribution is 5.66. The Labute approximate surface area is 116 Å². The Morgan fingerprint density at radius 2 is 2.05 bits per heavy atom. The average molecular weight is 269 g/mol. The maximum atomic E-state index is 10.7. The van der Waals surface area contributed by atoms with E-state index in [9.17, 15) is 4.79 Å². The summed E-state index contributed by atoms with van der Waals surface area (Å²) in [6.45, 7) is 3.51. The molecule has 0 aliphatic heterocycles. The fourth-order valence-corrected chi connectivity index (χ4v) is 4.07. The number of aliphatic carboxylic acids is 1. The second-order valence-electron chi connectivity index (χ2n) is 6.11. The minimum absolute atomic E-state index is 0.238. The van der Waals surface area contributed by atoms with Crippen LogP contribution in [0.4, 0.5) is 0 Å². The molecule has 110 valence electrons. The Balaban J connectivity index is 1.98. The number of carboxylic acid groups (broad SMARTS) is 1. The van der Waals surface area contributed by atoms with Gasteiger partial charge in [0.05, 0.1) is 12.5 Å². The number of hydrogen-bond acceptors (Lipinski definition) is 3. The van der Waals surface area contributed by atoms with Gasteiger partial charge >= 0.3 is 5.97 Å². The van der Waals surface area contributed by atoms with Gasteiger partial charge in [0.1, 0.15) is 0 Å². The molecule has 4 heteroatoms. The van der Waals surface area contributed by atoms with Crippen molar-refractivity contribution in [2.24, 2.45) is 5.41 Å². The molecule has 0 unspecified atom stereocenters. The summed E-state index contributed by atoms with van der Waals surface area (Å²) in [6, 6.07) is 0.517. The molecule has 0 amide bonds. The van der Waals surface area contributed by atoms with Gasteiger partial charge in [-0.15, -0.1) is 0 Å². The van der Waals surface area contributed by atoms with Crippen molar-refractivity contribution < 1.29 is 14.6 Å². The summed E-state index contributed by atoms with van der Waals surface area (Å²) in [5.74, 6) is -0.703. The Morgan fingerprint density at radius 3 is 2.63 bits per heavy atom. The minimum Gasteiger partial charge on any atom is -0.481 e. The van der Waals surface area contributed by atoms with Gasteiger partial charge in [-0.05, 0) is 33.2 Å². The van der Waals surface area contributed by atoms with Crippen molar-refractivity contribution in [3.63, 3.8) is 0 Å². The lowest BCUT2D eigenvalue weighted by Gasteiger charge is -2.60. The summed E-state index contributed by atoms with van der Waals surface area (Å²) in [7, 11) is 2.08. The molecule has 19 heavy (non-hydrogen) atoms. The topological polar surface area (TPSA) is 49.8 Å². The van der Waals surface area contributed by atoms with Crippen LogP contribution < -0.4 is 0 Å². The van der Waals surface area contributed by atoms with E-state index in [1.165, 1.54) is 32.1 Å². The smallest absolute Gasteiger partial charge is 0.304 e. The lowest BCUT2D eigenvalue weighted by molar-refractivity contribution is -0.179. The minimum atomic E-state index is -0.703. The van der Waals surface area contributed by atoms with Crippen molar-refractivity contribution >= 4 is 5.97 Å². The van der Waals surface area contributed by atoms with Crippen molar-refractivity contribution in [3.8, 4) is 0 Å². The molecule has 4 nitrogen and oxygen atoms in total. The molecule has 1 spiro atoms. The molecule has 2 aliphatic rings. The van der Waals surface area contributed by atoms with Crippen LogP contribution in [0.5, 0.6) is 0 Å². The van der Waals surface area contributed by atoms with E-state index in [1.807, 2.05) is 0 Å². The molecule has 0 radical (unpaired) electrons. The zero-order chi connectivity index (χ0) is 13.9. The summed E-state index contributed by atoms with van der Waals surface area (Å²) >= 11 is 0. The average Bonchev–Trinajstić information content (AvgIpc) is 2.41. The van der Waals surface area contributed by atoms with Gasteiger partial charge in [0.25, 0.3) is 0 Å². The van der Waals surface area contributed by atoms with Crippen molar-refractivity contribution in [1.82, 2.24) is 4.90 Å². The van der Waals surface area contributed by atoms with Crippen molar-refractivity contribution in [1.29, 1.82) is 0 Å². The van der Waals surface area contributed by atoms with Gasteiger partial charge in [0.2, 0.25) is 0 Å². The fraction of sp³-hybridized carbons (Fsp3) is 0.933. The standard InChI is InChI=1S/C15H27NO3/c1-3-19-13-11-12(16(2)10-7-14(17)18)15(13)8-5-4-6-9-15/h12-13H,3-11H2,1-2H3,(H,17,18)/t12-,13-/m1/s1. The van der Waals surface area contributed by atoms with Gasteiger partial charge in [-0.2, -0.15) is 0 Å². The highest BCUT2D eigenvalue weighted by Crippen LogP contribution is 2.55. The molecule has 2 rings (SSSR count). The SMILES string of the molecule is CCO[C@@H]1C[C@@H](N(C)CCC(=O)O)C12CCCCC2. The van der Waals surface area contributed by atoms with Crippen LogP contribution in [0.2, 0.25) is 0 Å². The first-order valence-electron chi connectivity index (χ1n) is 7.64. The fourth-order valence-electron chi connectivity index (χ4n) is 4.07. The van der Waals surface area contributed by atoms with E-state index in [0.29, 0.717) is 24.1 Å².